The Bertz CT molecular complexity index is 1320. The van der Waals surface area contributed by atoms with E-state index in [4.69, 9.17) is 19.5 Å². The number of carbonyl (C=O) groups excluding carboxylic acids is 1. The smallest absolute Gasteiger partial charge is 0.321 e. The monoisotopic (exact) mass is 464 g/mol. The number of urea groups is 1. The summed E-state index contributed by atoms with van der Waals surface area (Å²) in [4.78, 5) is 36.6. The first-order chi connectivity index (χ1) is 16.5. The van der Waals surface area contributed by atoms with Crippen molar-refractivity contribution in [2.75, 3.05) is 57.7 Å². The van der Waals surface area contributed by atoms with Crippen molar-refractivity contribution in [2.45, 2.75) is 0 Å². The molecule has 2 N–H and O–H groups in total. The average Bonchev–Trinajstić information content (AvgIpc) is 2.87. The van der Waals surface area contributed by atoms with Crippen molar-refractivity contribution < 1.29 is 19.0 Å². The molecule has 1 aliphatic heterocycles. The number of amides is 2. The van der Waals surface area contributed by atoms with Crippen LogP contribution in [0, 0.1) is 11.3 Å². The fourth-order valence-electron chi connectivity index (χ4n) is 3.90. The highest BCUT2D eigenvalue weighted by atomic mass is 16.5. The van der Waals surface area contributed by atoms with Gasteiger partial charge < -0.3 is 29.3 Å². The minimum atomic E-state index is -0.365. The van der Waals surface area contributed by atoms with Gasteiger partial charge in [-0.3, -0.25) is 9.78 Å². The number of hydrogen-bond donors (Lipinski definition) is 2. The summed E-state index contributed by atoms with van der Waals surface area (Å²) < 4.78 is 16.1. The molecular formula is C23H24N6O5. The van der Waals surface area contributed by atoms with Crippen LogP contribution < -0.4 is 30.0 Å². The number of ether oxygens (including phenoxy) is 3. The molecule has 11 nitrogen and oxygen atoms in total. The van der Waals surface area contributed by atoms with E-state index in [9.17, 15) is 9.59 Å². The van der Waals surface area contributed by atoms with Gasteiger partial charge in [0.05, 0.1) is 38.5 Å². The third-order valence-electron chi connectivity index (χ3n) is 5.60. The zero-order chi connectivity index (χ0) is 24.2. The van der Waals surface area contributed by atoms with Crippen LogP contribution in [0.15, 0.2) is 35.1 Å². The number of nitrogens with one attached hydrogen (secondary N) is 2. The number of benzene rings is 2. The minimum absolute atomic E-state index is 0.249. The Morgan fingerprint density at radius 1 is 1.09 bits per heavy atom. The average molecular weight is 464 g/mol. The number of methoxy groups -OCH3 is 3. The van der Waals surface area contributed by atoms with Crippen molar-refractivity contribution in [3.05, 3.63) is 46.2 Å². The lowest BCUT2D eigenvalue weighted by Gasteiger charge is -2.35. The van der Waals surface area contributed by atoms with Crippen LogP contribution >= 0.6 is 0 Å². The molecule has 0 aliphatic carbocycles. The quantitative estimate of drug-likeness (QED) is 0.587. The highest BCUT2D eigenvalue weighted by molar-refractivity contribution is 5.91. The molecule has 1 saturated heterocycles. The second-order valence-electron chi connectivity index (χ2n) is 7.53. The second-order valence-corrected chi connectivity index (χ2v) is 7.53. The molecule has 0 spiro atoms. The Morgan fingerprint density at radius 2 is 1.82 bits per heavy atom. The van der Waals surface area contributed by atoms with Crippen LogP contribution in [0.2, 0.25) is 0 Å². The Hall–Kier alpha value is -4.46. The molecule has 1 fully saturated rings. The lowest BCUT2D eigenvalue weighted by Crippen LogP contribution is -2.50. The summed E-state index contributed by atoms with van der Waals surface area (Å²) in [5, 5.41) is 12.1. The largest absolute Gasteiger partial charge is 0.493 e. The second kappa shape index (κ2) is 9.58. The lowest BCUT2D eigenvalue weighted by molar-refractivity contribution is 0.208. The van der Waals surface area contributed by atoms with Crippen molar-refractivity contribution in [3.63, 3.8) is 0 Å². The molecule has 2 heterocycles. The Labute approximate surface area is 195 Å². The summed E-state index contributed by atoms with van der Waals surface area (Å²) in [6, 6.07) is 10.2. The van der Waals surface area contributed by atoms with E-state index in [0.717, 1.165) is 0 Å². The highest BCUT2D eigenvalue weighted by Gasteiger charge is 2.25. The van der Waals surface area contributed by atoms with Crippen LogP contribution in [0.25, 0.3) is 10.9 Å². The number of rotatable bonds is 5. The van der Waals surface area contributed by atoms with Gasteiger partial charge in [0.25, 0.3) is 5.56 Å². The molecule has 0 unspecified atom stereocenters. The van der Waals surface area contributed by atoms with E-state index in [0.29, 0.717) is 60.4 Å². The van der Waals surface area contributed by atoms with E-state index in [1.165, 1.54) is 21.3 Å². The van der Waals surface area contributed by atoms with E-state index >= 15 is 0 Å². The molecule has 4 rings (SSSR count). The fourth-order valence-corrected chi connectivity index (χ4v) is 3.90. The normalized spacial score (nSPS) is 13.4. The molecule has 2 amide bonds. The minimum Gasteiger partial charge on any atom is -0.493 e. The van der Waals surface area contributed by atoms with Crippen LogP contribution in [0.4, 0.5) is 16.4 Å². The Kier molecular flexibility index (Phi) is 6.40. The maximum absolute atomic E-state index is 12.9. The molecule has 11 heteroatoms. The number of nitriles is 1. The zero-order valence-corrected chi connectivity index (χ0v) is 19.0. The summed E-state index contributed by atoms with van der Waals surface area (Å²) in [5.41, 5.74) is 1.08. The molecule has 34 heavy (non-hydrogen) atoms. The number of anilines is 2. The molecule has 1 aliphatic rings. The molecule has 2 aromatic carbocycles. The van der Waals surface area contributed by atoms with Crippen molar-refractivity contribution in [1.29, 1.82) is 5.26 Å². The van der Waals surface area contributed by atoms with Gasteiger partial charge in [0.2, 0.25) is 11.7 Å². The van der Waals surface area contributed by atoms with Crippen LogP contribution in [0.5, 0.6) is 17.2 Å². The summed E-state index contributed by atoms with van der Waals surface area (Å²) in [5.74, 6) is 1.36. The van der Waals surface area contributed by atoms with E-state index < -0.39 is 0 Å². The third kappa shape index (κ3) is 4.25. The van der Waals surface area contributed by atoms with Gasteiger partial charge in [-0.15, -0.1) is 0 Å². The Balaban J connectivity index is 1.52. The number of hydrogen-bond acceptors (Lipinski definition) is 8. The van der Waals surface area contributed by atoms with Gasteiger partial charge in [-0.05, 0) is 18.2 Å². The molecular weight excluding hydrogens is 440 g/mol. The van der Waals surface area contributed by atoms with Gasteiger partial charge >= 0.3 is 6.03 Å². The molecule has 0 atom stereocenters. The maximum Gasteiger partial charge on any atom is 0.321 e. The first-order valence-electron chi connectivity index (χ1n) is 10.5. The van der Waals surface area contributed by atoms with Crippen LogP contribution in [0.1, 0.15) is 5.56 Å². The molecule has 1 aromatic heterocycles. The number of carbonyl (C=O) groups is 1. The molecule has 0 bridgehead atoms. The lowest BCUT2D eigenvalue weighted by atomic mass is 10.2. The standard InChI is InChI=1S/C23H24N6O5/c1-32-17-12-16-18(20(34-3)19(17)33-2)21(30)27-22(26-16)28-7-9-29(10-8-28)23(31)25-15-6-4-5-14(11-15)13-24/h4-6,11-12H,7-10H2,1-3H3,(H,25,31)(H,26,27,30). The maximum atomic E-state index is 12.9. The summed E-state index contributed by atoms with van der Waals surface area (Å²) in [6.07, 6.45) is 0. The number of aromatic amines is 1. The molecule has 176 valence electrons. The number of nitrogens with zero attached hydrogens (tertiary/aromatic N) is 4. The zero-order valence-electron chi connectivity index (χ0n) is 19.0. The topological polar surface area (TPSA) is 133 Å². The van der Waals surface area contributed by atoms with Crippen molar-refractivity contribution in [1.82, 2.24) is 14.9 Å². The van der Waals surface area contributed by atoms with Gasteiger partial charge in [-0.25, -0.2) is 9.78 Å². The number of piperazine rings is 1. The van der Waals surface area contributed by atoms with Gasteiger partial charge in [0.1, 0.15) is 5.39 Å². The Morgan fingerprint density at radius 3 is 2.47 bits per heavy atom. The van der Waals surface area contributed by atoms with E-state index in [1.54, 1.807) is 35.2 Å². The number of H-pyrrole nitrogens is 1. The van der Waals surface area contributed by atoms with Crippen molar-refractivity contribution in [2.24, 2.45) is 0 Å². The summed E-state index contributed by atoms with van der Waals surface area (Å²) >= 11 is 0. The van der Waals surface area contributed by atoms with Crippen LogP contribution in [-0.2, 0) is 0 Å². The molecule has 3 aromatic rings. The highest BCUT2D eigenvalue weighted by Crippen LogP contribution is 2.41. The summed E-state index contributed by atoms with van der Waals surface area (Å²) in [7, 11) is 4.42. The van der Waals surface area contributed by atoms with Crippen LogP contribution in [-0.4, -0.2) is 68.4 Å². The van der Waals surface area contributed by atoms with Gasteiger partial charge in [0.15, 0.2) is 11.5 Å². The fraction of sp³-hybridized carbons (Fsp3) is 0.304. The first kappa shape index (κ1) is 22.7. The summed E-state index contributed by atoms with van der Waals surface area (Å²) in [6.45, 7) is 1.82. The predicted molar refractivity (Wildman–Crippen MR) is 126 cm³/mol. The third-order valence-corrected chi connectivity index (χ3v) is 5.60. The van der Waals surface area contributed by atoms with E-state index in [2.05, 4.69) is 21.4 Å². The first-order valence-corrected chi connectivity index (χ1v) is 10.5. The molecule has 0 saturated carbocycles. The van der Waals surface area contributed by atoms with Gasteiger partial charge in [0, 0.05) is 37.9 Å². The predicted octanol–water partition coefficient (Wildman–Crippen LogP) is 2.17. The van der Waals surface area contributed by atoms with Crippen LogP contribution in [0.3, 0.4) is 0 Å². The van der Waals surface area contributed by atoms with E-state index in [-0.39, 0.29) is 22.7 Å². The number of aromatic nitrogens is 2. The molecule has 0 radical (unpaired) electrons. The van der Waals surface area contributed by atoms with E-state index in [1.807, 2.05) is 4.90 Å². The van der Waals surface area contributed by atoms with Crippen molar-refractivity contribution >= 4 is 28.6 Å². The number of fused-ring (bicyclic) bond motifs is 1. The van der Waals surface area contributed by atoms with Gasteiger partial charge in [-0.2, -0.15) is 5.26 Å². The SMILES string of the molecule is COc1cc2nc(N3CCN(C(=O)Nc4cccc(C#N)c4)CC3)[nH]c(=O)c2c(OC)c1OC. The van der Waals surface area contributed by atoms with Crippen molar-refractivity contribution in [3.8, 4) is 23.3 Å². The van der Waals surface area contributed by atoms with Gasteiger partial charge in [-0.1, -0.05) is 6.07 Å².